The van der Waals surface area contributed by atoms with Crippen molar-refractivity contribution >= 4 is 46.4 Å². The van der Waals surface area contributed by atoms with Gasteiger partial charge in [-0.15, -0.1) is 0 Å². The number of carbonyl (C=O) groups excluding carboxylic acids is 3. The van der Waals surface area contributed by atoms with Gasteiger partial charge in [-0.2, -0.15) is 0 Å². The van der Waals surface area contributed by atoms with Gasteiger partial charge in [-0.3, -0.25) is 14.5 Å². The lowest BCUT2D eigenvalue weighted by atomic mass is 9.84. The Morgan fingerprint density at radius 3 is 2.55 bits per heavy atom. The molecule has 118 valence electrons. The Morgan fingerprint density at radius 2 is 2.05 bits per heavy atom. The molecule has 1 aliphatic heterocycles. The van der Waals surface area contributed by atoms with E-state index in [0.717, 1.165) is 0 Å². The van der Waals surface area contributed by atoms with Crippen molar-refractivity contribution in [2.24, 2.45) is 0 Å². The number of methoxy groups -OCH3 is 1. The fourth-order valence-corrected chi connectivity index (χ4v) is 3.38. The van der Waals surface area contributed by atoms with Crippen molar-refractivity contribution in [3.8, 4) is 5.75 Å². The van der Waals surface area contributed by atoms with Crippen LogP contribution in [0.15, 0.2) is 24.3 Å². The third kappa shape index (κ3) is 2.81. The molecule has 1 saturated heterocycles. The fraction of sp³-hybridized carbons (Fsp3) is 0.400. The summed E-state index contributed by atoms with van der Waals surface area (Å²) < 4.78 is 8.87. The normalized spacial score (nSPS) is 23.7. The van der Waals surface area contributed by atoms with Crippen molar-refractivity contribution in [2.45, 2.75) is 22.8 Å². The van der Waals surface area contributed by atoms with E-state index >= 15 is 0 Å². The number of benzene rings is 1. The highest BCUT2D eigenvalue weighted by Gasteiger charge is 2.61. The van der Waals surface area contributed by atoms with Gasteiger partial charge in [0.15, 0.2) is 0 Å². The summed E-state index contributed by atoms with van der Waals surface area (Å²) in [5, 5.41) is 0. The van der Waals surface area contributed by atoms with Gasteiger partial charge in [-0.05, 0) is 31.2 Å². The molecule has 22 heavy (non-hydrogen) atoms. The molecule has 2 atom stereocenters. The Labute approximate surface area is 141 Å². The third-order valence-electron chi connectivity index (χ3n) is 3.51. The molecule has 0 aliphatic carbocycles. The van der Waals surface area contributed by atoms with Gasteiger partial charge >= 0.3 is 5.97 Å². The molecule has 1 fully saturated rings. The summed E-state index contributed by atoms with van der Waals surface area (Å²) in [4.78, 5) is 36.9. The molecule has 6 nitrogen and oxygen atoms in total. The lowest BCUT2D eigenvalue weighted by molar-refractivity contribution is -0.147. The predicted octanol–water partition coefficient (Wildman–Crippen LogP) is 1.74. The van der Waals surface area contributed by atoms with Crippen LogP contribution in [0, 0.1) is 0 Å². The van der Waals surface area contributed by atoms with Gasteiger partial charge in [0.05, 0.1) is 20.1 Å². The summed E-state index contributed by atoms with van der Waals surface area (Å²) in [6, 6.07) is 6.13. The second kappa shape index (κ2) is 6.64. The molecule has 1 aliphatic rings. The van der Waals surface area contributed by atoms with E-state index in [0.29, 0.717) is 17.7 Å². The van der Waals surface area contributed by atoms with Crippen LogP contribution in [0.4, 0.5) is 5.69 Å². The summed E-state index contributed by atoms with van der Waals surface area (Å²) in [5.41, 5.74) is 0.596. The van der Waals surface area contributed by atoms with E-state index in [1.165, 1.54) is 4.90 Å². The SMILES string of the molecule is CCOC(=O)CC1(I)C(=O)N(c2ccc(OC)cc2)C1C=O. The minimum atomic E-state index is -1.08. The maximum absolute atomic E-state index is 12.5. The van der Waals surface area contributed by atoms with Crippen molar-refractivity contribution in [3.05, 3.63) is 24.3 Å². The number of rotatable bonds is 6. The van der Waals surface area contributed by atoms with Crippen LogP contribution in [0.25, 0.3) is 0 Å². The number of carbonyl (C=O) groups is 3. The molecule has 0 N–H and O–H groups in total. The largest absolute Gasteiger partial charge is 0.497 e. The van der Waals surface area contributed by atoms with E-state index < -0.39 is 15.4 Å². The number of anilines is 1. The quantitative estimate of drug-likeness (QED) is 0.232. The van der Waals surface area contributed by atoms with Crippen molar-refractivity contribution in [3.63, 3.8) is 0 Å². The number of halogens is 1. The first-order valence-corrected chi connectivity index (χ1v) is 7.83. The summed E-state index contributed by atoms with van der Waals surface area (Å²) in [7, 11) is 1.55. The van der Waals surface area contributed by atoms with Crippen molar-refractivity contribution in [2.75, 3.05) is 18.6 Å². The van der Waals surface area contributed by atoms with Gasteiger partial charge in [-0.25, -0.2) is 0 Å². The van der Waals surface area contributed by atoms with E-state index in [1.54, 1.807) is 38.3 Å². The van der Waals surface area contributed by atoms with E-state index in [-0.39, 0.29) is 18.9 Å². The predicted molar refractivity (Wildman–Crippen MR) is 88.3 cm³/mol. The van der Waals surface area contributed by atoms with Crippen LogP contribution in [0.2, 0.25) is 0 Å². The average molecular weight is 417 g/mol. The number of hydrogen-bond acceptors (Lipinski definition) is 5. The number of amides is 1. The summed E-state index contributed by atoms with van der Waals surface area (Å²) in [5.74, 6) is -0.0958. The van der Waals surface area contributed by atoms with Gasteiger partial charge < -0.3 is 14.3 Å². The maximum Gasteiger partial charge on any atom is 0.307 e. The van der Waals surface area contributed by atoms with Gasteiger partial charge in [0.1, 0.15) is 21.5 Å². The van der Waals surface area contributed by atoms with Gasteiger partial charge in [0.2, 0.25) is 5.91 Å². The first-order valence-electron chi connectivity index (χ1n) is 6.75. The molecule has 1 aromatic carbocycles. The van der Waals surface area contributed by atoms with Crippen molar-refractivity contribution in [1.29, 1.82) is 0 Å². The van der Waals surface area contributed by atoms with E-state index in [4.69, 9.17) is 9.47 Å². The minimum Gasteiger partial charge on any atom is -0.497 e. The Kier molecular flexibility index (Phi) is 5.05. The Hall–Kier alpha value is -1.64. The number of alkyl halides is 1. The van der Waals surface area contributed by atoms with Crippen LogP contribution >= 0.6 is 22.6 Å². The Morgan fingerprint density at radius 1 is 1.41 bits per heavy atom. The maximum atomic E-state index is 12.5. The Bertz CT molecular complexity index is 588. The molecule has 0 radical (unpaired) electrons. The minimum absolute atomic E-state index is 0.115. The van der Waals surface area contributed by atoms with E-state index in [1.807, 2.05) is 22.6 Å². The van der Waals surface area contributed by atoms with Crippen LogP contribution in [-0.2, 0) is 19.1 Å². The number of aldehydes is 1. The molecule has 7 heteroatoms. The van der Waals surface area contributed by atoms with E-state index in [9.17, 15) is 14.4 Å². The molecule has 1 aromatic rings. The number of hydrogen-bond donors (Lipinski definition) is 0. The summed E-state index contributed by atoms with van der Waals surface area (Å²) in [6.45, 7) is 1.94. The smallest absolute Gasteiger partial charge is 0.307 e. The molecule has 0 saturated carbocycles. The average Bonchev–Trinajstić information content (AvgIpc) is 2.52. The first-order chi connectivity index (χ1) is 10.5. The van der Waals surface area contributed by atoms with Crippen LogP contribution in [0.5, 0.6) is 5.75 Å². The second-order valence-corrected chi connectivity index (χ2v) is 6.72. The highest BCUT2D eigenvalue weighted by atomic mass is 127. The molecule has 0 aromatic heterocycles. The summed E-state index contributed by atoms with van der Waals surface area (Å²) in [6.07, 6.45) is 0.577. The summed E-state index contributed by atoms with van der Waals surface area (Å²) >= 11 is 1.88. The zero-order chi connectivity index (χ0) is 16.3. The third-order valence-corrected chi connectivity index (χ3v) is 4.99. The van der Waals surface area contributed by atoms with Crippen LogP contribution in [0.3, 0.4) is 0 Å². The van der Waals surface area contributed by atoms with Crippen LogP contribution in [0.1, 0.15) is 13.3 Å². The van der Waals surface area contributed by atoms with Crippen molar-refractivity contribution in [1.82, 2.24) is 0 Å². The van der Waals surface area contributed by atoms with Crippen LogP contribution in [-0.4, -0.2) is 41.3 Å². The zero-order valence-electron chi connectivity index (χ0n) is 12.2. The molecular weight excluding hydrogens is 401 g/mol. The topological polar surface area (TPSA) is 72.9 Å². The highest BCUT2D eigenvalue weighted by Crippen LogP contribution is 2.44. The molecule has 0 bridgehead atoms. The lowest BCUT2D eigenvalue weighted by Gasteiger charge is -2.49. The number of esters is 1. The molecule has 0 spiro atoms. The highest BCUT2D eigenvalue weighted by molar-refractivity contribution is 14.1. The van der Waals surface area contributed by atoms with E-state index in [2.05, 4.69) is 0 Å². The standard InChI is InChI=1S/C15H16INO5/c1-3-22-13(19)8-15(16)12(9-18)17(14(15)20)10-4-6-11(21-2)7-5-10/h4-7,9,12H,3,8H2,1-2H3. The zero-order valence-corrected chi connectivity index (χ0v) is 14.4. The van der Waals surface area contributed by atoms with Gasteiger partial charge in [0, 0.05) is 5.69 Å². The monoisotopic (exact) mass is 417 g/mol. The molecule has 1 heterocycles. The Balaban J connectivity index is 2.20. The number of ether oxygens (including phenoxy) is 2. The van der Waals surface area contributed by atoms with Gasteiger partial charge in [-0.1, -0.05) is 22.6 Å². The molecule has 1 amide bonds. The lowest BCUT2D eigenvalue weighted by Crippen LogP contribution is -2.72. The molecular formula is C15H16INO5. The van der Waals surface area contributed by atoms with Crippen LogP contribution < -0.4 is 9.64 Å². The second-order valence-electron chi connectivity index (χ2n) is 4.80. The van der Waals surface area contributed by atoms with Gasteiger partial charge in [0.25, 0.3) is 0 Å². The molecule has 2 unspecified atom stereocenters. The first kappa shape index (κ1) is 16.7. The van der Waals surface area contributed by atoms with Crippen molar-refractivity contribution < 1.29 is 23.9 Å². The molecule has 2 rings (SSSR count). The fourth-order valence-electron chi connectivity index (χ4n) is 2.38. The number of nitrogens with zero attached hydrogens (tertiary/aromatic N) is 1. The number of β-lactam (4-membered cyclic amide) rings is 1.